The zero-order chi connectivity index (χ0) is 8.10. The van der Waals surface area contributed by atoms with E-state index in [1.165, 1.54) is 0 Å². The van der Waals surface area contributed by atoms with Crippen LogP contribution >= 0.6 is 11.6 Å². The van der Waals surface area contributed by atoms with E-state index in [-0.39, 0.29) is 0 Å². The molecule has 3 heteroatoms. The zero-order valence-electron chi connectivity index (χ0n) is 5.84. The number of hydrogen-bond donors (Lipinski definition) is 1. The summed E-state index contributed by atoms with van der Waals surface area (Å²) in [6, 6.07) is 7.40. The van der Waals surface area contributed by atoms with Gasteiger partial charge in [0.25, 0.3) is 0 Å². The van der Waals surface area contributed by atoms with Crippen molar-refractivity contribution in [1.82, 2.24) is 5.32 Å². The molecule has 0 atom stereocenters. The first-order valence-electron chi connectivity index (χ1n) is 3.19. The van der Waals surface area contributed by atoms with Crippen molar-refractivity contribution in [3.8, 4) is 6.19 Å². The van der Waals surface area contributed by atoms with Gasteiger partial charge in [-0.05, 0) is 17.7 Å². The van der Waals surface area contributed by atoms with Crippen molar-refractivity contribution in [1.29, 1.82) is 5.26 Å². The van der Waals surface area contributed by atoms with Gasteiger partial charge in [0.15, 0.2) is 6.19 Å². The number of nitrogens with zero attached hydrogens (tertiary/aromatic N) is 1. The molecule has 0 fully saturated rings. The second-order valence-corrected chi connectivity index (χ2v) is 2.53. The highest BCUT2D eigenvalue weighted by Gasteiger charge is 1.91. The lowest BCUT2D eigenvalue weighted by atomic mass is 10.2. The van der Waals surface area contributed by atoms with Crippen molar-refractivity contribution < 1.29 is 0 Å². The van der Waals surface area contributed by atoms with E-state index in [4.69, 9.17) is 16.9 Å². The maximum Gasteiger partial charge on any atom is 0.176 e. The molecular formula is C8H7ClN2. The summed E-state index contributed by atoms with van der Waals surface area (Å²) in [7, 11) is 0. The Hall–Kier alpha value is -1.20. The van der Waals surface area contributed by atoms with Crippen LogP contribution in [-0.2, 0) is 6.54 Å². The van der Waals surface area contributed by atoms with E-state index in [1.807, 2.05) is 24.4 Å². The highest BCUT2D eigenvalue weighted by molar-refractivity contribution is 6.30. The van der Waals surface area contributed by atoms with Crippen molar-refractivity contribution >= 4 is 11.6 Å². The zero-order valence-corrected chi connectivity index (χ0v) is 6.60. The van der Waals surface area contributed by atoms with Crippen molar-refractivity contribution in [3.63, 3.8) is 0 Å². The van der Waals surface area contributed by atoms with Crippen molar-refractivity contribution in [3.05, 3.63) is 34.9 Å². The average molecular weight is 167 g/mol. The molecule has 0 bridgehead atoms. The minimum atomic E-state index is 0.539. The van der Waals surface area contributed by atoms with Crippen LogP contribution in [0.3, 0.4) is 0 Å². The van der Waals surface area contributed by atoms with E-state index in [9.17, 15) is 0 Å². The Kier molecular flexibility index (Phi) is 2.76. The molecule has 0 heterocycles. The van der Waals surface area contributed by atoms with E-state index >= 15 is 0 Å². The van der Waals surface area contributed by atoms with E-state index in [1.54, 1.807) is 6.07 Å². The maximum absolute atomic E-state index is 8.20. The molecule has 0 radical (unpaired) electrons. The quantitative estimate of drug-likeness (QED) is 0.538. The van der Waals surface area contributed by atoms with E-state index in [2.05, 4.69) is 5.32 Å². The number of rotatable bonds is 2. The molecule has 0 aromatic heterocycles. The molecule has 1 aromatic rings. The summed E-state index contributed by atoms with van der Waals surface area (Å²) >= 11 is 5.71. The summed E-state index contributed by atoms with van der Waals surface area (Å²) in [5.41, 5.74) is 1.01. The van der Waals surface area contributed by atoms with Crippen LogP contribution in [0.15, 0.2) is 24.3 Å². The predicted octanol–water partition coefficient (Wildman–Crippen LogP) is 1.91. The summed E-state index contributed by atoms with van der Waals surface area (Å²) in [5.74, 6) is 0. The Morgan fingerprint density at radius 1 is 1.55 bits per heavy atom. The van der Waals surface area contributed by atoms with Gasteiger partial charge < -0.3 is 5.32 Å². The third-order valence-corrected chi connectivity index (χ3v) is 1.50. The topological polar surface area (TPSA) is 35.8 Å². The van der Waals surface area contributed by atoms with Gasteiger partial charge in [-0.1, -0.05) is 23.7 Å². The monoisotopic (exact) mass is 166 g/mol. The van der Waals surface area contributed by atoms with Gasteiger partial charge in [-0.15, -0.1) is 0 Å². The molecule has 11 heavy (non-hydrogen) atoms. The Labute approximate surface area is 70.4 Å². The van der Waals surface area contributed by atoms with Crippen LogP contribution in [0.5, 0.6) is 0 Å². The van der Waals surface area contributed by atoms with Crippen LogP contribution < -0.4 is 5.32 Å². The van der Waals surface area contributed by atoms with Crippen LogP contribution in [-0.4, -0.2) is 0 Å². The molecule has 2 nitrogen and oxygen atoms in total. The Balaban J connectivity index is 2.65. The third kappa shape index (κ3) is 2.48. The van der Waals surface area contributed by atoms with Gasteiger partial charge in [-0.25, -0.2) is 0 Å². The highest BCUT2D eigenvalue weighted by atomic mass is 35.5. The SMILES string of the molecule is N#CNCc1cccc(Cl)c1. The largest absolute Gasteiger partial charge is 0.319 e. The first-order chi connectivity index (χ1) is 5.33. The van der Waals surface area contributed by atoms with E-state index < -0.39 is 0 Å². The fraction of sp³-hybridized carbons (Fsp3) is 0.125. The summed E-state index contributed by atoms with van der Waals surface area (Å²) in [4.78, 5) is 0. The average Bonchev–Trinajstić information content (AvgIpc) is 2.01. The number of hydrogen-bond acceptors (Lipinski definition) is 2. The fourth-order valence-corrected chi connectivity index (χ4v) is 1.00. The predicted molar refractivity (Wildman–Crippen MR) is 43.9 cm³/mol. The summed E-state index contributed by atoms with van der Waals surface area (Å²) in [6.07, 6.45) is 1.84. The van der Waals surface area contributed by atoms with Crippen LogP contribution in [0.4, 0.5) is 0 Å². The molecule has 0 amide bonds. The van der Waals surface area contributed by atoms with Gasteiger partial charge in [-0.2, -0.15) is 5.26 Å². The van der Waals surface area contributed by atoms with Crippen LogP contribution in [0.25, 0.3) is 0 Å². The molecule has 56 valence electrons. The molecule has 0 unspecified atom stereocenters. The Morgan fingerprint density at radius 3 is 3.00 bits per heavy atom. The van der Waals surface area contributed by atoms with Gasteiger partial charge in [0.1, 0.15) is 0 Å². The molecule has 0 spiro atoms. The summed E-state index contributed by atoms with van der Waals surface area (Å²) in [6.45, 7) is 0.539. The van der Waals surface area contributed by atoms with E-state index in [0.29, 0.717) is 11.6 Å². The second kappa shape index (κ2) is 3.85. The van der Waals surface area contributed by atoms with Gasteiger partial charge in [0, 0.05) is 11.6 Å². The molecule has 0 saturated heterocycles. The highest BCUT2D eigenvalue weighted by Crippen LogP contribution is 2.09. The Bertz CT molecular complexity index is 278. The number of halogens is 1. The maximum atomic E-state index is 8.20. The summed E-state index contributed by atoms with van der Waals surface area (Å²) < 4.78 is 0. The lowest BCUT2D eigenvalue weighted by Gasteiger charge is -1.97. The molecule has 0 aliphatic carbocycles. The van der Waals surface area contributed by atoms with Crippen molar-refractivity contribution in [2.24, 2.45) is 0 Å². The Morgan fingerprint density at radius 2 is 2.36 bits per heavy atom. The lowest BCUT2D eigenvalue weighted by Crippen LogP contribution is -2.03. The van der Waals surface area contributed by atoms with Gasteiger partial charge in [-0.3, -0.25) is 0 Å². The first kappa shape index (κ1) is 7.90. The fourth-order valence-electron chi connectivity index (χ4n) is 0.789. The summed E-state index contributed by atoms with van der Waals surface area (Å²) in [5, 5.41) is 11.4. The van der Waals surface area contributed by atoms with Gasteiger partial charge >= 0.3 is 0 Å². The van der Waals surface area contributed by atoms with Crippen LogP contribution in [0.2, 0.25) is 5.02 Å². The molecule has 1 rings (SSSR count). The molecule has 1 aromatic carbocycles. The number of nitriles is 1. The van der Waals surface area contributed by atoms with Crippen molar-refractivity contribution in [2.45, 2.75) is 6.54 Å². The standard InChI is InChI=1S/C8H7ClN2/c9-8-3-1-2-7(4-8)5-11-6-10/h1-4,11H,5H2. The minimum absolute atomic E-state index is 0.539. The molecule has 0 aliphatic heterocycles. The normalized spacial score (nSPS) is 8.73. The van der Waals surface area contributed by atoms with Gasteiger partial charge in [0.05, 0.1) is 0 Å². The lowest BCUT2D eigenvalue weighted by molar-refractivity contribution is 0.884. The smallest absolute Gasteiger partial charge is 0.176 e. The third-order valence-electron chi connectivity index (χ3n) is 1.26. The van der Waals surface area contributed by atoms with Gasteiger partial charge in [0.2, 0.25) is 0 Å². The second-order valence-electron chi connectivity index (χ2n) is 2.10. The van der Waals surface area contributed by atoms with Crippen LogP contribution in [0, 0.1) is 11.5 Å². The molecule has 0 saturated carbocycles. The minimum Gasteiger partial charge on any atom is -0.319 e. The molecule has 1 N–H and O–H groups in total. The van der Waals surface area contributed by atoms with E-state index in [0.717, 1.165) is 5.56 Å². The molecular weight excluding hydrogens is 160 g/mol. The van der Waals surface area contributed by atoms with Crippen molar-refractivity contribution in [2.75, 3.05) is 0 Å². The molecule has 0 aliphatic rings. The first-order valence-corrected chi connectivity index (χ1v) is 3.57. The number of benzene rings is 1. The number of nitrogens with one attached hydrogen (secondary N) is 1. The van der Waals surface area contributed by atoms with Crippen LogP contribution in [0.1, 0.15) is 5.56 Å².